The van der Waals surface area contributed by atoms with Crippen molar-refractivity contribution in [3.8, 4) is 17.1 Å². The van der Waals surface area contributed by atoms with Gasteiger partial charge in [0.1, 0.15) is 6.54 Å². The van der Waals surface area contributed by atoms with Gasteiger partial charge in [-0.2, -0.15) is 5.10 Å². The molecule has 0 atom stereocenters. The number of benzene rings is 3. The second-order valence-electron chi connectivity index (χ2n) is 7.61. The summed E-state index contributed by atoms with van der Waals surface area (Å²) in [7, 11) is 0. The molecule has 0 aliphatic rings. The molecule has 5 nitrogen and oxygen atoms in total. The molecule has 4 rings (SSSR count). The molecule has 0 N–H and O–H groups in total. The molecule has 0 saturated heterocycles. The van der Waals surface area contributed by atoms with Crippen LogP contribution in [0.1, 0.15) is 13.8 Å². The molecule has 32 heavy (non-hydrogen) atoms. The van der Waals surface area contributed by atoms with Crippen LogP contribution in [0.15, 0.2) is 84.9 Å². The fourth-order valence-corrected chi connectivity index (χ4v) is 4.18. The first-order chi connectivity index (χ1) is 15.5. The average Bonchev–Trinajstić information content (AvgIpc) is 3.11. The van der Waals surface area contributed by atoms with E-state index in [1.165, 1.54) is 0 Å². The van der Waals surface area contributed by atoms with Crippen molar-refractivity contribution in [2.45, 2.75) is 26.4 Å². The van der Waals surface area contributed by atoms with Crippen molar-refractivity contribution in [1.82, 2.24) is 14.3 Å². The van der Waals surface area contributed by atoms with Crippen LogP contribution < -0.4 is 4.90 Å². The molecule has 1 heterocycles. The zero-order valence-electron chi connectivity index (χ0n) is 17.9. The molecular weight excluding hydrogens is 440 g/mol. The van der Waals surface area contributed by atoms with Crippen LogP contribution in [0.3, 0.4) is 0 Å². The Morgan fingerprint density at radius 1 is 0.969 bits per heavy atom. The van der Waals surface area contributed by atoms with Crippen LogP contribution in [-0.4, -0.2) is 26.3 Å². The lowest BCUT2D eigenvalue weighted by molar-refractivity contribution is -0.119. The third-order valence-electron chi connectivity index (χ3n) is 5.07. The van der Waals surface area contributed by atoms with Crippen molar-refractivity contribution < 1.29 is 4.79 Å². The van der Waals surface area contributed by atoms with Gasteiger partial charge in [0.2, 0.25) is 10.7 Å². The van der Waals surface area contributed by atoms with E-state index in [2.05, 4.69) is 0 Å². The minimum atomic E-state index is -0.0919. The first-order valence-corrected chi connectivity index (χ1v) is 11.1. The molecule has 4 aromatic rings. The van der Waals surface area contributed by atoms with Crippen LogP contribution in [0.5, 0.6) is 0 Å². The molecule has 1 amide bonds. The highest BCUT2D eigenvalue weighted by Gasteiger charge is 2.23. The first kappa shape index (κ1) is 22.0. The average molecular weight is 463 g/mol. The number of carbonyl (C=O) groups excluding carboxylic acids is 1. The van der Waals surface area contributed by atoms with E-state index >= 15 is 0 Å². The van der Waals surface area contributed by atoms with Gasteiger partial charge in [-0.25, -0.2) is 4.68 Å². The van der Waals surface area contributed by atoms with Crippen LogP contribution in [0, 0.1) is 4.77 Å². The number of rotatable bonds is 6. The van der Waals surface area contributed by atoms with Crippen molar-refractivity contribution in [3.63, 3.8) is 0 Å². The molecule has 3 aromatic carbocycles. The lowest BCUT2D eigenvalue weighted by Crippen LogP contribution is -2.39. The molecule has 162 valence electrons. The minimum absolute atomic E-state index is 0.0154. The second kappa shape index (κ2) is 9.51. The van der Waals surface area contributed by atoms with Gasteiger partial charge in [-0.1, -0.05) is 60.1 Å². The molecule has 0 saturated carbocycles. The third kappa shape index (κ3) is 4.38. The Bertz CT molecular complexity index is 1280. The smallest absolute Gasteiger partial charge is 0.249 e. The maximum Gasteiger partial charge on any atom is 0.249 e. The molecule has 0 radical (unpaired) electrons. The van der Waals surface area contributed by atoms with Crippen molar-refractivity contribution in [2.75, 3.05) is 4.90 Å². The van der Waals surface area contributed by atoms with Crippen LogP contribution in [0.2, 0.25) is 5.02 Å². The van der Waals surface area contributed by atoms with Gasteiger partial charge in [0, 0.05) is 23.0 Å². The van der Waals surface area contributed by atoms with E-state index in [0.29, 0.717) is 15.6 Å². The number of nitrogens with zero attached hydrogens (tertiary/aromatic N) is 4. The second-order valence-corrected chi connectivity index (χ2v) is 8.38. The lowest BCUT2D eigenvalue weighted by Gasteiger charge is -2.26. The molecule has 0 aliphatic heterocycles. The number of amides is 1. The number of anilines is 1. The minimum Gasteiger partial charge on any atom is -0.308 e. The molecule has 0 fully saturated rings. The zero-order chi connectivity index (χ0) is 22.7. The Balaban J connectivity index is 1.80. The number of para-hydroxylation sites is 2. The molecule has 0 aliphatic carbocycles. The van der Waals surface area contributed by atoms with E-state index in [9.17, 15) is 4.79 Å². The Kier molecular flexibility index (Phi) is 6.53. The molecule has 0 bridgehead atoms. The molecule has 0 spiro atoms. The molecule has 0 unspecified atom stereocenters. The summed E-state index contributed by atoms with van der Waals surface area (Å²) in [5.74, 6) is 0.501. The van der Waals surface area contributed by atoms with Crippen molar-refractivity contribution in [3.05, 3.63) is 94.7 Å². The summed E-state index contributed by atoms with van der Waals surface area (Å²) in [5, 5.41) is 5.30. The predicted octanol–water partition coefficient (Wildman–Crippen LogP) is 6.17. The predicted molar refractivity (Wildman–Crippen MR) is 132 cm³/mol. The normalized spacial score (nSPS) is 11.0. The maximum atomic E-state index is 13.4. The Labute approximate surface area is 197 Å². The van der Waals surface area contributed by atoms with Gasteiger partial charge < -0.3 is 4.90 Å². The fraction of sp³-hybridized carbons (Fsp3) is 0.160. The Morgan fingerprint density at radius 2 is 1.56 bits per heavy atom. The van der Waals surface area contributed by atoms with Gasteiger partial charge in [-0.15, -0.1) is 0 Å². The van der Waals surface area contributed by atoms with Gasteiger partial charge in [0.05, 0.1) is 5.02 Å². The summed E-state index contributed by atoms with van der Waals surface area (Å²) in [6, 6.07) is 26.8. The quantitative estimate of drug-likeness (QED) is 0.322. The summed E-state index contributed by atoms with van der Waals surface area (Å²) in [6.07, 6.45) is 0. The molecule has 7 heteroatoms. The number of aromatic nitrogens is 3. The maximum absolute atomic E-state index is 13.4. The van der Waals surface area contributed by atoms with E-state index < -0.39 is 0 Å². The summed E-state index contributed by atoms with van der Waals surface area (Å²) in [6.45, 7) is 3.99. The van der Waals surface area contributed by atoms with E-state index in [4.69, 9.17) is 28.9 Å². The highest BCUT2D eigenvalue weighted by Crippen LogP contribution is 2.29. The lowest BCUT2D eigenvalue weighted by atomic mass is 10.2. The van der Waals surface area contributed by atoms with Crippen LogP contribution in [-0.2, 0) is 11.3 Å². The highest BCUT2D eigenvalue weighted by molar-refractivity contribution is 7.71. The molecular formula is C25H23ClN4OS. The Hall–Kier alpha value is -3.22. The fourth-order valence-electron chi connectivity index (χ4n) is 3.66. The summed E-state index contributed by atoms with van der Waals surface area (Å²) < 4.78 is 3.85. The largest absolute Gasteiger partial charge is 0.308 e. The van der Waals surface area contributed by atoms with Gasteiger partial charge >= 0.3 is 0 Å². The summed E-state index contributed by atoms with van der Waals surface area (Å²) in [4.78, 5) is 15.1. The van der Waals surface area contributed by atoms with Crippen LogP contribution in [0.25, 0.3) is 17.1 Å². The van der Waals surface area contributed by atoms with Crippen molar-refractivity contribution in [1.29, 1.82) is 0 Å². The summed E-state index contributed by atoms with van der Waals surface area (Å²) >= 11 is 12.3. The van der Waals surface area contributed by atoms with Gasteiger partial charge in [-0.3, -0.25) is 9.36 Å². The van der Waals surface area contributed by atoms with Gasteiger partial charge in [-0.05, 0) is 62.5 Å². The number of halogens is 1. The zero-order valence-corrected chi connectivity index (χ0v) is 19.4. The number of hydrogen-bond donors (Lipinski definition) is 0. The van der Waals surface area contributed by atoms with Crippen molar-refractivity contribution >= 4 is 35.4 Å². The molecule has 1 aromatic heterocycles. The highest BCUT2D eigenvalue weighted by atomic mass is 35.5. The van der Waals surface area contributed by atoms with Gasteiger partial charge in [0.25, 0.3) is 0 Å². The third-order valence-corrected chi connectivity index (χ3v) is 5.80. The van der Waals surface area contributed by atoms with Crippen molar-refractivity contribution in [2.24, 2.45) is 0 Å². The Morgan fingerprint density at radius 3 is 2.19 bits per heavy atom. The van der Waals surface area contributed by atoms with E-state index in [1.807, 2.05) is 103 Å². The first-order valence-electron chi connectivity index (χ1n) is 10.3. The summed E-state index contributed by atoms with van der Waals surface area (Å²) in [5.41, 5.74) is 2.45. The SMILES string of the molecule is CC(C)N(C(=O)Cn1nc(-c2ccccc2Cl)n(-c2ccccc2)c1=S)c1ccccc1. The monoisotopic (exact) mass is 462 g/mol. The standard InChI is InChI=1S/C25H23ClN4OS/c1-18(2)29(19-11-5-3-6-12-19)23(31)17-28-25(32)30(20-13-7-4-8-14-20)24(27-28)21-15-9-10-16-22(21)26/h3-16,18H,17H2,1-2H3. The number of hydrogen-bond acceptors (Lipinski definition) is 3. The van der Waals surface area contributed by atoms with Gasteiger partial charge in [0.15, 0.2) is 5.82 Å². The van der Waals surface area contributed by atoms with E-state index in [-0.39, 0.29) is 18.5 Å². The van der Waals surface area contributed by atoms with E-state index in [0.717, 1.165) is 16.9 Å². The topological polar surface area (TPSA) is 43.1 Å². The van der Waals surface area contributed by atoms with E-state index in [1.54, 1.807) is 9.58 Å². The van der Waals surface area contributed by atoms with Crippen LogP contribution in [0.4, 0.5) is 5.69 Å². The number of carbonyl (C=O) groups is 1. The van der Waals surface area contributed by atoms with Crippen LogP contribution >= 0.6 is 23.8 Å².